The van der Waals surface area contributed by atoms with Crippen LogP contribution in [-0.4, -0.2) is 261 Å². The van der Waals surface area contributed by atoms with Crippen molar-refractivity contribution < 1.29 is 116 Å². The number of nitrogens with two attached hydrogens (primary N) is 3. The molecule has 22 N–H and O–H groups in total. The Hall–Kier alpha value is -13.1. The minimum absolute atomic E-state index is 0.0142. The number of phenolic OH excluding ortho intramolecular Hbond substituents is 1. The molecule has 49 heteroatoms. The molecule has 3 aromatic heterocycles. The molecule has 0 spiro atoms. The first-order valence-electron chi connectivity index (χ1n) is 42.5. The number of hydrogen-bond donors (Lipinski definition) is 19. The molecule has 0 aliphatic carbocycles. The monoisotopic (exact) mass is 1910 g/mol. The van der Waals surface area contributed by atoms with E-state index in [2.05, 4.69) is 83.3 Å². The van der Waals surface area contributed by atoms with Crippen LogP contribution >= 0.6 is 32.9 Å². The molecular weight excluding hydrogens is 1790 g/mol. The first-order chi connectivity index (χ1) is 62.5. The Kier molecular flexibility index (Phi) is 46.3. The van der Waals surface area contributed by atoms with Crippen molar-refractivity contribution in [3.8, 4) is 5.75 Å². The van der Waals surface area contributed by atoms with Gasteiger partial charge in [-0.05, 0) is 126 Å². The van der Waals surface area contributed by atoms with Crippen molar-refractivity contribution in [2.24, 2.45) is 34.2 Å². The van der Waals surface area contributed by atoms with Crippen molar-refractivity contribution in [2.45, 2.75) is 226 Å². The fourth-order valence-corrected chi connectivity index (χ4v) is 15.9. The van der Waals surface area contributed by atoms with Gasteiger partial charge in [0.2, 0.25) is 47.3 Å². The van der Waals surface area contributed by atoms with Gasteiger partial charge < -0.3 is 104 Å². The molecule has 724 valence electrons. The summed E-state index contributed by atoms with van der Waals surface area (Å²) in [6.45, 7) is 16.3. The molecule has 2 aromatic carbocycles. The van der Waals surface area contributed by atoms with Crippen LogP contribution in [0.25, 0.3) is 11.2 Å². The molecule has 1 aliphatic heterocycles. The molecule has 1 saturated heterocycles. The number of piperidine rings is 1. The Labute approximate surface area is 771 Å². The number of aromatic nitrogens is 5. The minimum atomic E-state index is -1.88. The fraction of sp³-hybridized carbons (Fsp3) is 0.542. The number of anilines is 2. The van der Waals surface area contributed by atoms with Gasteiger partial charge >= 0.3 is 41.9 Å². The van der Waals surface area contributed by atoms with E-state index in [1.54, 1.807) is 26.0 Å². The highest BCUT2D eigenvalue weighted by Gasteiger charge is 2.41. The number of hydrazine groups is 1. The lowest BCUT2D eigenvalue weighted by molar-refractivity contribution is -0.160. The zero-order chi connectivity index (χ0) is 98.0. The average Bonchev–Trinajstić information content (AvgIpc) is 0.874. The average molecular weight is 1910 g/mol. The molecule has 4 heterocycles. The van der Waals surface area contributed by atoms with Crippen molar-refractivity contribution in [3.63, 3.8) is 0 Å². The topological polar surface area (TPSA) is 704 Å². The maximum absolute atomic E-state index is 14.8. The van der Waals surface area contributed by atoms with E-state index in [0.29, 0.717) is 36.4 Å². The van der Waals surface area contributed by atoms with E-state index in [1.807, 2.05) is 53.5 Å². The van der Waals surface area contributed by atoms with Gasteiger partial charge in [-0.2, -0.15) is 4.98 Å². The van der Waals surface area contributed by atoms with E-state index in [9.17, 15) is 107 Å². The predicted octanol–water partition coefficient (Wildman–Crippen LogP) is 2.46. The summed E-state index contributed by atoms with van der Waals surface area (Å²) in [4.78, 5) is 245. The zero-order valence-corrected chi connectivity index (χ0v) is 77.3. The number of likely N-dealkylation sites (tertiary alicyclic amines) is 1. The van der Waals surface area contributed by atoms with Crippen LogP contribution in [0.4, 0.5) is 16.4 Å². The summed E-state index contributed by atoms with van der Waals surface area (Å²) in [5.74, 6) is -15.5. The van der Waals surface area contributed by atoms with Crippen LogP contribution in [-0.2, 0) is 89.5 Å². The summed E-state index contributed by atoms with van der Waals surface area (Å²) in [5, 5.41) is 70.2. The number of nitrogens with one attached hydrogen (secondary N) is 11. The highest BCUT2D eigenvalue weighted by Crippen LogP contribution is 2.33. The number of H-pyrrole nitrogens is 1. The molecule has 0 bridgehead atoms. The number of esters is 2. The van der Waals surface area contributed by atoms with Crippen LogP contribution in [0.1, 0.15) is 195 Å². The molecule has 1 fully saturated rings. The second-order valence-corrected chi connectivity index (χ2v) is 34.8. The lowest BCUT2D eigenvalue weighted by Crippen LogP contribution is -2.59. The molecule has 0 saturated carbocycles. The summed E-state index contributed by atoms with van der Waals surface area (Å²) in [5.41, 5.74) is 21.9. The third-order valence-electron chi connectivity index (χ3n) is 20.4. The number of nitrogens with zero attached hydrogens (tertiary/aromatic N) is 7. The van der Waals surface area contributed by atoms with E-state index in [1.165, 1.54) is 70.6 Å². The van der Waals surface area contributed by atoms with Gasteiger partial charge in [0, 0.05) is 78.9 Å². The van der Waals surface area contributed by atoms with E-state index in [4.69, 9.17) is 31.4 Å². The number of carboxylic acid groups (broad SMARTS) is 4. The van der Waals surface area contributed by atoms with Crippen molar-refractivity contribution in [2.75, 3.05) is 56.0 Å². The number of phenols is 1. The number of likely N-dealkylation sites (N-methyl/N-ethyl adjacent to an activating group) is 1. The number of nitrogen functional groups attached to an aromatic ring is 1. The summed E-state index contributed by atoms with van der Waals surface area (Å²) >= 11 is 1.09. The number of ether oxygens (including phenoxy) is 3. The van der Waals surface area contributed by atoms with E-state index >= 15 is 0 Å². The van der Waals surface area contributed by atoms with Crippen LogP contribution in [0.3, 0.4) is 0 Å². The number of amides is 10. The standard InChI is InChI=1S/C45H69N7O11S.C38H50N14O14S2/c1-10-15-38(55)62-26-52(44(59)39(28(6)11-2)48-42(58)35-16-13-14-21-51(35)9)36(27(4)5)24-37(63-30(8)53)43-47-34(25-64-43)41(57)46-32(23-31-17-19-33(54)20-18-31)22-29(7)40(56)49-50-45(60)61-12-3;1-2-67-68-16-24(36(65)66)50-33(61)23(13-27(56)57)49-31(59)20(4-3-11-42-37(39)40)47-32(60)22(12-26(54)55)46-25(53)10-9-21(35(63)64)48-30(58)17-5-7-18(8-6-17)43-14-19-15-44-29-28(45-19)34(62)52-38(41)51-29/h17-20,25,27-29,32,35-37,39,54H,10-16,21-24,26H2,1-9H3,(H,46,57)(H,48,58)(H,49,56)(H,50,60);5-8,15,20-24,43H,2-4,9-14,16H2,1H3,(H,46,53)(H,47,60)(H,48,58)(H,49,59)(H,50,61)(H,54,55)(H,56,57)(H,63,64)(H,65,66)(H4,39,40,42)(H3,41,44,51,52,62)/t28?,29-,32+,35+,36?,37+,39-;20-,21-,22-,23-,24-/m00/s1. The van der Waals surface area contributed by atoms with Gasteiger partial charge in [-0.25, -0.2) is 34.8 Å². The minimum Gasteiger partial charge on any atom is -0.508 e. The second-order valence-electron chi connectivity index (χ2n) is 31.1. The normalized spacial score (nSPS) is 14.9. The number of aliphatic carboxylic acids is 4. The number of carbonyl (C=O) groups is 16. The number of benzene rings is 2. The van der Waals surface area contributed by atoms with E-state index < -0.39 is 187 Å². The van der Waals surface area contributed by atoms with Crippen LogP contribution < -0.4 is 76.1 Å². The maximum atomic E-state index is 14.8. The van der Waals surface area contributed by atoms with Crippen LogP contribution in [0.15, 0.2) is 69.9 Å². The van der Waals surface area contributed by atoms with Crippen LogP contribution in [0, 0.1) is 17.8 Å². The fourth-order valence-electron chi connectivity index (χ4n) is 13.2. The smallest absolute Gasteiger partial charge is 0.426 e. The van der Waals surface area contributed by atoms with Gasteiger partial charge in [-0.3, -0.25) is 87.4 Å². The van der Waals surface area contributed by atoms with Crippen LogP contribution in [0.5, 0.6) is 5.75 Å². The number of guanidine groups is 1. The lowest BCUT2D eigenvalue weighted by atomic mass is 9.92. The van der Waals surface area contributed by atoms with Gasteiger partial charge in [0.25, 0.3) is 17.4 Å². The highest BCUT2D eigenvalue weighted by atomic mass is 33.1. The molecule has 5 aromatic rings. The van der Waals surface area contributed by atoms with E-state index in [0.717, 1.165) is 47.1 Å². The molecule has 2 unspecified atom stereocenters. The second kappa shape index (κ2) is 55.8. The van der Waals surface area contributed by atoms with Gasteiger partial charge in [-0.1, -0.05) is 95.0 Å². The number of hydrogen-bond acceptors (Lipinski definition) is 32. The van der Waals surface area contributed by atoms with Gasteiger partial charge in [0.05, 0.1) is 43.9 Å². The first kappa shape index (κ1) is 109. The van der Waals surface area contributed by atoms with Crippen molar-refractivity contribution in [1.29, 1.82) is 0 Å². The van der Waals surface area contributed by atoms with Crippen molar-refractivity contribution in [3.05, 3.63) is 98.0 Å². The summed E-state index contributed by atoms with van der Waals surface area (Å²) in [6.07, 6.45) is 0.227. The van der Waals surface area contributed by atoms with Crippen molar-refractivity contribution >= 4 is 157 Å². The number of aromatic hydroxyl groups is 1. The third-order valence-corrected chi connectivity index (χ3v) is 23.8. The largest absolute Gasteiger partial charge is 0.508 e. The lowest BCUT2D eigenvalue weighted by Gasteiger charge is -2.39. The number of aromatic amines is 1. The van der Waals surface area contributed by atoms with Gasteiger partial charge in [0.1, 0.15) is 52.7 Å². The predicted molar refractivity (Wildman–Crippen MR) is 484 cm³/mol. The van der Waals surface area contributed by atoms with E-state index in [-0.39, 0.29) is 133 Å². The summed E-state index contributed by atoms with van der Waals surface area (Å²) < 4.78 is 16.3. The maximum Gasteiger partial charge on any atom is 0.426 e. The number of thiazole rings is 1. The number of carboxylic acids is 4. The Bertz CT molecular complexity index is 4870. The molecule has 12 atom stereocenters. The number of aliphatic imine (C=N–C) groups is 1. The Morgan fingerprint density at radius 3 is 1.95 bits per heavy atom. The number of fused-ring (bicyclic) bond motifs is 1. The SMILES string of the molecule is CCCC(=O)OCN(C(=O)[C@@H](NC(=O)[C@H]1CCCCN1C)C(C)CC)C(C[C@@H](OC(C)=O)c1nc(C(=O)N[C@@H](Cc2ccc(O)cc2)C[C@H](C)C(=O)NNC(=O)OCC)cs1)C(C)C.CCSSC[C@H](NC(=O)[C@H](CC(=O)O)NC(=O)[C@H](CCCN=C(N)N)NC(=O)[C@H](CC(=O)O)NC(=O)CC[C@H](NC(=O)c1ccc(NCc2cnc3nc(N)[nH]c(=O)c3n2)cc1)C(=O)O)C(=O)O. The third kappa shape index (κ3) is 37.8. The summed E-state index contributed by atoms with van der Waals surface area (Å²) in [6, 6.07) is 1.05. The molecule has 0 radical (unpaired) electrons. The van der Waals surface area contributed by atoms with Crippen molar-refractivity contribution in [1.82, 2.24) is 82.8 Å². The van der Waals surface area contributed by atoms with Gasteiger partial charge in [0.15, 0.2) is 30.0 Å². The zero-order valence-electron chi connectivity index (χ0n) is 74.8. The van der Waals surface area contributed by atoms with Crippen LogP contribution in [0.2, 0.25) is 0 Å². The first-order valence-corrected chi connectivity index (χ1v) is 45.9. The molecular formula is C83H119N21O25S3. The molecule has 46 nitrogen and oxygen atoms in total. The Morgan fingerprint density at radius 1 is 0.712 bits per heavy atom. The Morgan fingerprint density at radius 2 is 1.36 bits per heavy atom. The molecule has 132 heavy (non-hydrogen) atoms. The molecule has 1 aliphatic rings. The Balaban J connectivity index is 0.000000468. The summed E-state index contributed by atoms with van der Waals surface area (Å²) in [7, 11) is 4.33. The molecule has 6 rings (SSSR count). The van der Waals surface area contributed by atoms with Gasteiger partial charge in [-0.15, -0.1) is 11.3 Å². The quantitative estimate of drug-likeness (QED) is 0.00388. The highest BCUT2D eigenvalue weighted by molar-refractivity contribution is 8.76. The number of carbonyl (C=O) groups excluding carboxylic acids is 12. The number of rotatable bonds is 52. The molecule has 10 amide bonds.